The Morgan fingerprint density at radius 1 is 1.00 bits per heavy atom. The van der Waals surface area contributed by atoms with Gasteiger partial charge in [-0.3, -0.25) is 9.59 Å². The zero-order valence-electron chi connectivity index (χ0n) is 19.3. The molecule has 32 heavy (non-hydrogen) atoms. The number of ether oxygens (including phenoxy) is 2. The third-order valence-corrected chi connectivity index (χ3v) is 8.28. The molecule has 1 atom stereocenters. The molecule has 1 spiro atoms. The van der Waals surface area contributed by atoms with Gasteiger partial charge in [0.2, 0.25) is 11.8 Å². The van der Waals surface area contributed by atoms with E-state index in [0.717, 1.165) is 95.5 Å². The molecule has 3 aliphatic heterocycles. The summed E-state index contributed by atoms with van der Waals surface area (Å²) in [5.74, 6) is 1.83. The molecule has 4 aliphatic rings. The minimum atomic E-state index is -0.338. The van der Waals surface area contributed by atoms with Gasteiger partial charge in [0.25, 0.3) is 0 Å². The van der Waals surface area contributed by atoms with Gasteiger partial charge in [0, 0.05) is 39.2 Å². The average molecular weight is 441 g/mol. The molecule has 1 saturated carbocycles. The lowest BCUT2D eigenvalue weighted by atomic mass is 9.78. The van der Waals surface area contributed by atoms with Gasteiger partial charge < -0.3 is 19.3 Å². The first-order valence-corrected chi connectivity index (χ1v) is 12.4. The van der Waals surface area contributed by atoms with Crippen molar-refractivity contribution < 1.29 is 19.1 Å². The van der Waals surface area contributed by atoms with E-state index < -0.39 is 0 Å². The topological polar surface area (TPSA) is 59.1 Å². The molecule has 0 bridgehead atoms. The summed E-state index contributed by atoms with van der Waals surface area (Å²) in [7, 11) is 1.66. The Labute approximate surface area is 191 Å². The first-order chi connectivity index (χ1) is 15.5. The highest BCUT2D eigenvalue weighted by atomic mass is 16.5. The molecule has 6 heteroatoms. The summed E-state index contributed by atoms with van der Waals surface area (Å²) < 4.78 is 11.6. The van der Waals surface area contributed by atoms with Crippen molar-refractivity contribution in [2.45, 2.75) is 68.8 Å². The Bertz CT molecular complexity index is 834. The minimum Gasteiger partial charge on any atom is -0.497 e. The summed E-state index contributed by atoms with van der Waals surface area (Å²) in [5.41, 5.74) is 0.620. The first kappa shape index (κ1) is 21.7. The number of hydrogen-bond acceptors (Lipinski definition) is 4. The number of nitrogens with zero attached hydrogens (tertiary/aromatic N) is 2. The lowest BCUT2D eigenvalue weighted by Crippen LogP contribution is -2.53. The van der Waals surface area contributed by atoms with Crippen LogP contribution in [-0.2, 0) is 19.7 Å². The van der Waals surface area contributed by atoms with Crippen molar-refractivity contribution in [1.29, 1.82) is 0 Å². The summed E-state index contributed by atoms with van der Waals surface area (Å²) in [6.45, 7) is 4.11. The van der Waals surface area contributed by atoms with E-state index in [1.54, 1.807) is 7.11 Å². The standard InChI is InChI=1S/C26H36N2O4/c1-31-22-6-4-21(5-7-22)26(9-10-26)24(30)28-15-11-25(12-16-28)19-20(8-17-32-25)18-23(29)27-13-2-3-14-27/h4-7,20H,2-3,8-19H2,1H3. The molecule has 6 nitrogen and oxygen atoms in total. The quantitative estimate of drug-likeness (QED) is 0.703. The summed E-state index contributed by atoms with van der Waals surface area (Å²) in [6, 6.07) is 7.99. The summed E-state index contributed by atoms with van der Waals surface area (Å²) in [4.78, 5) is 30.2. The monoisotopic (exact) mass is 440 g/mol. The van der Waals surface area contributed by atoms with E-state index >= 15 is 0 Å². The Balaban J connectivity index is 1.18. The number of hydrogen-bond donors (Lipinski definition) is 0. The zero-order chi connectivity index (χ0) is 22.2. The van der Waals surface area contributed by atoms with Gasteiger partial charge >= 0.3 is 0 Å². The van der Waals surface area contributed by atoms with Crippen LogP contribution in [0.1, 0.15) is 63.4 Å². The van der Waals surface area contributed by atoms with Crippen molar-refractivity contribution in [2.75, 3.05) is 39.9 Å². The smallest absolute Gasteiger partial charge is 0.233 e. The Morgan fingerprint density at radius 3 is 2.31 bits per heavy atom. The molecular formula is C26H36N2O4. The van der Waals surface area contributed by atoms with Crippen LogP contribution in [0, 0.1) is 5.92 Å². The zero-order valence-corrected chi connectivity index (χ0v) is 19.3. The maximum Gasteiger partial charge on any atom is 0.233 e. The molecule has 4 fully saturated rings. The van der Waals surface area contributed by atoms with Crippen LogP contribution in [0.5, 0.6) is 5.75 Å². The maximum atomic E-state index is 13.5. The van der Waals surface area contributed by atoms with Gasteiger partial charge in [0.05, 0.1) is 18.1 Å². The third kappa shape index (κ3) is 4.14. The molecule has 5 rings (SSSR count). The van der Waals surface area contributed by atoms with Crippen LogP contribution in [0.15, 0.2) is 24.3 Å². The van der Waals surface area contributed by atoms with Gasteiger partial charge in [-0.15, -0.1) is 0 Å². The van der Waals surface area contributed by atoms with E-state index in [-0.39, 0.29) is 16.9 Å². The molecule has 1 aromatic rings. The Morgan fingerprint density at radius 2 is 1.69 bits per heavy atom. The van der Waals surface area contributed by atoms with Gasteiger partial charge in [-0.2, -0.15) is 0 Å². The normalized spacial score (nSPS) is 26.2. The molecule has 3 heterocycles. The molecule has 0 radical (unpaired) electrons. The maximum absolute atomic E-state index is 13.5. The van der Waals surface area contributed by atoms with Crippen LogP contribution < -0.4 is 4.74 Å². The van der Waals surface area contributed by atoms with Crippen molar-refractivity contribution in [2.24, 2.45) is 5.92 Å². The fourth-order valence-electron chi connectivity index (χ4n) is 6.08. The molecule has 0 N–H and O–H groups in total. The molecule has 1 aromatic carbocycles. The molecule has 2 amide bonds. The van der Waals surface area contributed by atoms with Crippen LogP contribution in [0.2, 0.25) is 0 Å². The fraction of sp³-hybridized carbons (Fsp3) is 0.692. The van der Waals surface area contributed by atoms with Gasteiger partial charge in [0.15, 0.2) is 0 Å². The van der Waals surface area contributed by atoms with E-state index in [9.17, 15) is 9.59 Å². The molecule has 3 saturated heterocycles. The summed E-state index contributed by atoms with van der Waals surface area (Å²) in [5, 5.41) is 0. The van der Waals surface area contributed by atoms with Crippen molar-refractivity contribution in [3.8, 4) is 5.75 Å². The van der Waals surface area contributed by atoms with E-state index in [1.165, 1.54) is 0 Å². The SMILES string of the molecule is COc1ccc(C2(C(=O)N3CCC4(CC3)CC(CC(=O)N3CCCC3)CCO4)CC2)cc1. The number of methoxy groups -OCH3 is 1. The predicted molar refractivity (Wildman–Crippen MR) is 122 cm³/mol. The van der Waals surface area contributed by atoms with Gasteiger partial charge in [-0.05, 0) is 75.0 Å². The molecular weight excluding hydrogens is 404 g/mol. The highest BCUT2D eigenvalue weighted by Gasteiger charge is 2.54. The van der Waals surface area contributed by atoms with E-state index in [1.807, 2.05) is 29.2 Å². The molecule has 1 unspecified atom stereocenters. The number of rotatable bonds is 5. The highest BCUT2D eigenvalue weighted by Crippen LogP contribution is 2.51. The van der Waals surface area contributed by atoms with Crippen LogP contribution in [0.3, 0.4) is 0 Å². The van der Waals surface area contributed by atoms with Crippen LogP contribution >= 0.6 is 0 Å². The molecule has 174 valence electrons. The number of piperidine rings is 1. The number of benzene rings is 1. The third-order valence-electron chi connectivity index (χ3n) is 8.28. The number of amides is 2. The Hall–Kier alpha value is -2.08. The van der Waals surface area contributed by atoms with E-state index in [0.29, 0.717) is 18.2 Å². The van der Waals surface area contributed by atoms with Gasteiger partial charge in [0.1, 0.15) is 5.75 Å². The molecule has 1 aliphatic carbocycles. The fourth-order valence-corrected chi connectivity index (χ4v) is 6.08. The van der Waals surface area contributed by atoms with Crippen molar-refractivity contribution in [3.63, 3.8) is 0 Å². The largest absolute Gasteiger partial charge is 0.497 e. The average Bonchev–Trinajstić information content (AvgIpc) is 3.44. The summed E-state index contributed by atoms with van der Waals surface area (Å²) in [6.07, 6.45) is 8.50. The second-order valence-corrected chi connectivity index (χ2v) is 10.3. The lowest BCUT2D eigenvalue weighted by molar-refractivity contribution is -0.151. The summed E-state index contributed by atoms with van der Waals surface area (Å²) >= 11 is 0. The number of carbonyl (C=O) groups excluding carboxylic acids is 2. The second kappa shape index (κ2) is 8.69. The van der Waals surface area contributed by atoms with Crippen LogP contribution in [0.4, 0.5) is 0 Å². The van der Waals surface area contributed by atoms with Crippen molar-refractivity contribution >= 4 is 11.8 Å². The first-order valence-electron chi connectivity index (χ1n) is 12.4. The van der Waals surface area contributed by atoms with Crippen LogP contribution in [-0.4, -0.2) is 67.1 Å². The van der Waals surface area contributed by atoms with Crippen molar-refractivity contribution in [3.05, 3.63) is 29.8 Å². The van der Waals surface area contributed by atoms with E-state index in [2.05, 4.69) is 4.90 Å². The molecule has 0 aromatic heterocycles. The Kier molecular flexibility index (Phi) is 5.91. The van der Waals surface area contributed by atoms with Crippen LogP contribution in [0.25, 0.3) is 0 Å². The second-order valence-electron chi connectivity index (χ2n) is 10.3. The van der Waals surface area contributed by atoms with Crippen molar-refractivity contribution in [1.82, 2.24) is 9.80 Å². The van der Waals surface area contributed by atoms with Gasteiger partial charge in [-0.1, -0.05) is 12.1 Å². The van der Waals surface area contributed by atoms with E-state index in [4.69, 9.17) is 9.47 Å². The predicted octanol–water partition coefficient (Wildman–Crippen LogP) is 3.53. The van der Waals surface area contributed by atoms with Gasteiger partial charge in [-0.25, -0.2) is 0 Å². The highest BCUT2D eigenvalue weighted by molar-refractivity contribution is 5.91. The number of likely N-dealkylation sites (tertiary alicyclic amines) is 2. The minimum absolute atomic E-state index is 0.151. The number of carbonyl (C=O) groups is 2. The lowest BCUT2D eigenvalue weighted by Gasteiger charge is -2.47.